The number of benzene rings is 2. The summed E-state index contributed by atoms with van der Waals surface area (Å²) < 4.78 is 33.8. The molecule has 0 saturated carbocycles. The van der Waals surface area contributed by atoms with Gasteiger partial charge in [0.15, 0.2) is 19.4 Å². The van der Waals surface area contributed by atoms with Gasteiger partial charge in [-0.15, -0.1) is 0 Å². The van der Waals surface area contributed by atoms with Gasteiger partial charge in [-0.2, -0.15) is 0 Å². The summed E-state index contributed by atoms with van der Waals surface area (Å²) in [5.41, 5.74) is 4.64. The van der Waals surface area contributed by atoms with E-state index in [2.05, 4.69) is 32.9 Å². The largest absolute Gasteiger partial charge is 0.497 e. The van der Waals surface area contributed by atoms with E-state index < -0.39 is 6.10 Å². The first kappa shape index (κ1) is 28.3. The summed E-state index contributed by atoms with van der Waals surface area (Å²) in [4.78, 5) is 13.5. The molecule has 1 unspecified atom stereocenters. The molecule has 1 atom stereocenters. The molecule has 0 radical (unpaired) electrons. The summed E-state index contributed by atoms with van der Waals surface area (Å²) in [5, 5.41) is 0. The predicted octanol–water partition coefficient (Wildman–Crippen LogP) is 6.60. The fourth-order valence-electron chi connectivity index (χ4n) is 4.15. The van der Waals surface area contributed by atoms with Crippen LogP contribution in [0, 0.1) is 0 Å². The standard InChI is InChI=1S/C30H38O7/c1-20(2)8-7-9-21(3)10-15-24-27(35-18-32-4)17-28(36-19-33-5)29-25(31)16-26(37-30(24)29)22-11-13-23(34-6)14-12-22/h8,10-14,17,26H,7,9,15-16,18-19H2,1-6H3/b21-10+. The van der Waals surface area contributed by atoms with Gasteiger partial charge in [0.2, 0.25) is 0 Å². The molecule has 1 heterocycles. The first-order chi connectivity index (χ1) is 17.9. The van der Waals surface area contributed by atoms with E-state index in [-0.39, 0.29) is 25.8 Å². The van der Waals surface area contributed by atoms with Gasteiger partial charge in [0.05, 0.1) is 13.5 Å². The molecule has 1 aliphatic rings. The van der Waals surface area contributed by atoms with Crippen molar-refractivity contribution >= 4 is 5.78 Å². The minimum atomic E-state index is -0.444. The van der Waals surface area contributed by atoms with Gasteiger partial charge in [-0.1, -0.05) is 35.4 Å². The quantitative estimate of drug-likeness (QED) is 0.222. The molecule has 2 aromatic rings. The van der Waals surface area contributed by atoms with Crippen molar-refractivity contribution in [3.8, 4) is 23.0 Å². The van der Waals surface area contributed by atoms with Crippen molar-refractivity contribution in [1.82, 2.24) is 0 Å². The highest BCUT2D eigenvalue weighted by Crippen LogP contribution is 2.46. The monoisotopic (exact) mass is 510 g/mol. The van der Waals surface area contributed by atoms with Crippen LogP contribution in [0.15, 0.2) is 53.6 Å². The maximum Gasteiger partial charge on any atom is 0.188 e. The zero-order chi connectivity index (χ0) is 26.8. The number of Topliss-reactive ketones (excluding diaryl/α,β-unsaturated/α-hetero) is 1. The lowest BCUT2D eigenvalue weighted by Crippen LogP contribution is -2.23. The van der Waals surface area contributed by atoms with Crippen molar-refractivity contribution in [3.05, 3.63) is 70.3 Å². The number of allylic oxidation sites excluding steroid dienone is 4. The fraction of sp³-hybridized carbons (Fsp3) is 0.433. The van der Waals surface area contributed by atoms with E-state index in [1.165, 1.54) is 18.3 Å². The van der Waals surface area contributed by atoms with Crippen LogP contribution in [-0.4, -0.2) is 40.7 Å². The van der Waals surface area contributed by atoms with Gasteiger partial charge in [-0.05, 0) is 57.7 Å². The number of methoxy groups -OCH3 is 3. The molecule has 200 valence electrons. The minimum Gasteiger partial charge on any atom is -0.497 e. The van der Waals surface area contributed by atoms with Gasteiger partial charge in [-0.3, -0.25) is 4.79 Å². The van der Waals surface area contributed by atoms with Gasteiger partial charge in [0.1, 0.15) is 34.7 Å². The number of carbonyl (C=O) groups excluding carboxylic acids is 1. The second-order valence-electron chi connectivity index (χ2n) is 9.24. The van der Waals surface area contributed by atoms with Gasteiger partial charge < -0.3 is 28.4 Å². The third-order valence-corrected chi connectivity index (χ3v) is 6.11. The third kappa shape index (κ3) is 7.60. The van der Waals surface area contributed by atoms with Crippen molar-refractivity contribution < 1.29 is 33.2 Å². The summed E-state index contributed by atoms with van der Waals surface area (Å²) in [6.45, 7) is 6.36. The average Bonchev–Trinajstić information content (AvgIpc) is 2.89. The molecule has 0 fully saturated rings. The second kappa shape index (κ2) is 13.9. The van der Waals surface area contributed by atoms with E-state index in [1.54, 1.807) is 20.3 Å². The molecule has 0 amide bonds. The predicted molar refractivity (Wildman–Crippen MR) is 143 cm³/mol. The molecular weight excluding hydrogens is 472 g/mol. The van der Waals surface area contributed by atoms with E-state index in [0.717, 1.165) is 29.7 Å². The Hall–Kier alpha value is -3.29. The normalized spacial score (nSPS) is 15.0. The summed E-state index contributed by atoms with van der Waals surface area (Å²) in [7, 11) is 4.72. The van der Waals surface area contributed by atoms with Crippen LogP contribution in [-0.2, 0) is 15.9 Å². The molecule has 1 aliphatic heterocycles. The van der Waals surface area contributed by atoms with Crippen molar-refractivity contribution in [1.29, 1.82) is 0 Å². The Morgan fingerprint density at radius 3 is 2.27 bits per heavy atom. The molecule has 0 aliphatic carbocycles. The van der Waals surface area contributed by atoms with E-state index in [4.69, 9.17) is 28.4 Å². The van der Waals surface area contributed by atoms with Crippen molar-refractivity contribution in [3.63, 3.8) is 0 Å². The SMILES string of the molecule is COCOc1cc(OCOC)c2c(c1C/C=C(\C)CCC=C(C)C)OC(c1ccc(OC)cc1)CC2=O. The van der Waals surface area contributed by atoms with Crippen LogP contribution >= 0.6 is 0 Å². The molecular formula is C30H38O7. The minimum absolute atomic E-state index is 0.00589. The second-order valence-corrected chi connectivity index (χ2v) is 9.24. The van der Waals surface area contributed by atoms with Crippen LogP contribution in [0.4, 0.5) is 0 Å². The van der Waals surface area contributed by atoms with Crippen LogP contribution in [0.3, 0.4) is 0 Å². The van der Waals surface area contributed by atoms with Crippen molar-refractivity contribution in [2.24, 2.45) is 0 Å². The summed E-state index contributed by atoms with van der Waals surface area (Å²) in [6.07, 6.45) is 6.61. The number of ether oxygens (including phenoxy) is 6. The zero-order valence-corrected chi connectivity index (χ0v) is 22.7. The Morgan fingerprint density at radius 2 is 1.65 bits per heavy atom. The highest BCUT2D eigenvalue weighted by atomic mass is 16.7. The molecule has 0 bridgehead atoms. The van der Waals surface area contributed by atoms with Crippen LogP contribution in [0.5, 0.6) is 23.0 Å². The number of carbonyl (C=O) groups is 1. The number of ketones is 1. The Morgan fingerprint density at radius 1 is 0.973 bits per heavy atom. The molecule has 0 saturated heterocycles. The van der Waals surface area contributed by atoms with Crippen LogP contribution in [0.2, 0.25) is 0 Å². The highest BCUT2D eigenvalue weighted by Gasteiger charge is 2.34. The molecule has 0 aromatic heterocycles. The Kier molecular flexibility index (Phi) is 10.6. The number of rotatable bonds is 13. The maximum atomic E-state index is 13.5. The van der Waals surface area contributed by atoms with E-state index in [1.807, 2.05) is 24.3 Å². The van der Waals surface area contributed by atoms with E-state index in [0.29, 0.717) is 29.2 Å². The zero-order valence-electron chi connectivity index (χ0n) is 22.7. The topological polar surface area (TPSA) is 72.5 Å². The molecule has 2 aromatic carbocycles. The lowest BCUT2D eigenvalue weighted by molar-refractivity contribution is 0.0433. The van der Waals surface area contributed by atoms with Crippen LogP contribution in [0.25, 0.3) is 0 Å². The number of hydrogen-bond donors (Lipinski definition) is 0. The summed E-state index contributed by atoms with van der Waals surface area (Å²) >= 11 is 0. The van der Waals surface area contributed by atoms with E-state index in [9.17, 15) is 4.79 Å². The Bertz CT molecular complexity index is 1110. The van der Waals surface area contributed by atoms with Gasteiger partial charge in [-0.25, -0.2) is 0 Å². The molecule has 7 nitrogen and oxygen atoms in total. The third-order valence-electron chi connectivity index (χ3n) is 6.11. The fourth-order valence-corrected chi connectivity index (χ4v) is 4.15. The van der Waals surface area contributed by atoms with Crippen LogP contribution in [0.1, 0.15) is 67.6 Å². The summed E-state index contributed by atoms with van der Waals surface area (Å²) in [6, 6.07) is 9.30. The first-order valence-corrected chi connectivity index (χ1v) is 12.4. The van der Waals surface area contributed by atoms with Gasteiger partial charge >= 0.3 is 0 Å². The first-order valence-electron chi connectivity index (χ1n) is 12.4. The lowest BCUT2D eigenvalue weighted by atomic mass is 9.92. The number of hydrogen-bond acceptors (Lipinski definition) is 7. The summed E-state index contributed by atoms with van der Waals surface area (Å²) in [5.74, 6) is 2.07. The molecule has 0 N–H and O–H groups in total. The average molecular weight is 511 g/mol. The molecule has 3 rings (SSSR count). The molecule has 7 heteroatoms. The van der Waals surface area contributed by atoms with E-state index >= 15 is 0 Å². The molecule has 37 heavy (non-hydrogen) atoms. The van der Waals surface area contributed by atoms with Crippen molar-refractivity contribution in [2.75, 3.05) is 34.9 Å². The van der Waals surface area contributed by atoms with Crippen molar-refractivity contribution in [2.45, 2.75) is 52.6 Å². The molecule has 0 spiro atoms. The van der Waals surface area contributed by atoms with Gasteiger partial charge in [0.25, 0.3) is 0 Å². The van der Waals surface area contributed by atoms with Crippen LogP contribution < -0.4 is 18.9 Å². The highest BCUT2D eigenvalue weighted by molar-refractivity contribution is 6.03. The Labute approximate surface area is 220 Å². The Balaban J connectivity index is 2.04. The van der Waals surface area contributed by atoms with Gasteiger partial charge in [0, 0.05) is 25.8 Å². The lowest BCUT2D eigenvalue weighted by Gasteiger charge is -2.30. The number of fused-ring (bicyclic) bond motifs is 1. The smallest absolute Gasteiger partial charge is 0.188 e. The maximum absolute atomic E-state index is 13.5.